The minimum absolute atomic E-state index is 0.00611. The van der Waals surface area contributed by atoms with Crippen LogP contribution >= 0.6 is 23.8 Å². The van der Waals surface area contributed by atoms with Crippen LogP contribution in [0, 0.1) is 10.1 Å². The normalized spacial score (nSPS) is 15.2. The number of carbonyl (C=O) groups excluding carboxylic acids is 2. The van der Waals surface area contributed by atoms with Crippen molar-refractivity contribution in [3.05, 3.63) is 80.0 Å². The van der Waals surface area contributed by atoms with Crippen molar-refractivity contribution in [2.75, 3.05) is 13.2 Å². The summed E-state index contributed by atoms with van der Waals surface area (Å²) in [5.74, 6) is -0.732. The molecule has 36 heavy (non-hydrogen) atoms. The van der Waals surface area contributed by atoms with Gasteiger partial charge in [0.2, 0.25) is 0 Å². The Balaban J connectivity index is 1.70. The molecule has 0 saturated heterocycles. The number of nitrogens with zero attached hydrogens (tertiary/aromatic N) is 2. The number of allylic oxidation sites excluding steroid dienone is 1. The first-order valence-corrected chi connectivity index (χ1v) is 11.4. The molecule has 0 spiro atoms. The van der Waals surface area contributed by atoms with Crippen molar-refractivity contribution in [3.8, 4) is 5.75 Å². The third-order valence-electron chi connectivity index (χ3n) is 4.92. The Morgan fingerprint density at radius 3 is 2.78 bits per heavy atom. The summed E-state index contributed by atoms with van der Waals surface area (Å²) < 4.78 is 10.9. The lowest BCUT2D eigenvalue weighted by atomic mass is 9.95. The Morgan fingerprint density at radius 1 is 1.31 bits per heavy atom. The fourth-order valence-electron chi connectivity index (χ4n) is 3.36. The number of hydrogen-bond donors (Lipinski definition) is 3. The van der Waals surface area contributed by atoms with E-state index in [-0.39, 0.29) is 23.9 Å². The van der Waals surface area contributed by atoms with E-state index in [9.17, 15) is 19.7 Å². The number of carbonyl (C=O) groups is 2. The van der Waals surface area contributed by atoms with Crippen molar-refractivity contribution in [1.82, 2.24) is 16.1 Å². The zero-order valence-corrected chi connectivity index (χ0v) is 20.8. The van der Waals surface area contributed by atoms with Gasteiger partial charge in [0.25, 0.3) is 11.6 Å². The van der Waals surface area contributed by atoms with Crippen LogP contribution in [0.1, 0.15) is 31.0 Å². The highest BCUT2D eigenvalue weighted by Gasteiger charge is 2.32. The minimum atomic E-state index is -0.657. The molecule has 1 aliphatic heterocycles. The van der Waals surface area contributed by atoms with Gasteiger partial charge in [-0.1, -0.05) is 35.9 Å². The number of amides is 1. The van der Waals surface area contributed by atoms with Gasteiger partial charge in [0.1, 0.15) is 10.8 Å². The summed E-state index contributed by atoms with van der Waals surface area (Å²) in [7, 11) is 0. The van der Waals surface area contributed by atoms with E-state index in [4.69, 9.17) is 33.3 Å². The van der Waals surface area contributed by atoms with Crippen molar-refractivity contribution in [2.24, 2.45) is 5.10 Å². The largest absolute Gasteiger partial charge is 0.483 e. The lowest BCUT2D eigenvalue weighted by Crippen LogP contribution is -2.45. The van der Waals surface area contributed by atoms with Gasteiger partial charge < -0.3 is 20.1 Å². The fourth-order valence-corrected chi connectivity index (χ4v) is 3.82. The molecule has 1 amide bonds. The third kappa shape index (κ3) is 6.55. The average Bonchev–Trinajstić information content (AvgIpc) is 2.83. The molecule has 0 bridgehead atoms. The second-order valence-corrected chi connectivity index (χ2v) is 8.19. The molecule has 0 fully saturated rings. The predicted molar refractivity (Wildman–Crippen MR) is 137 cm³/mol. The van der Waals surface area contributed by atoms with Gasteiger partial charge >= 0.3 is 5.97 Å². The summed E-state index contributed by atoms with van der Waals surface area (Å²) in [6, 6.07) is 10.4. The summed E-state index contributed by atoms with van der Waals surface area (Å²) in [6.07, 6.45) is 1.24. The number of hydrogen-bond acceptors (Lipinski definition) is 8. The molecule has 1 atom stereocenters. The Hall–Kier alpha value is -4.03. The number of ether oxygens (including phenoxy) is 2. The van der Waals surface area contributed by atoms with Crippen LogP contribution in [0.15, 0.2) is 58.8 Å². The van der Waals surface area contributed by atoms with E-state index in [2.05, 4.69) is 21.2 Å². The lowest BCUT2D eigenvalue weighted by Gasteiger charge is -2.30. The minimum Gasteiger partial charge on any atom is -0.483 e. The molecule has 13 heteroatoms. The number of halogens is 1. The van der Waals surface area contributed by atoms with Gasteiger partial charge in [0, 0.05) is 22.9 Å². The quantitative estimate of drug-likeness (QED) is 0.146. The average molecular weight is 532 g/mol. The fraction of sp³-hybridized carbons (Fsp3) is 0.217. The summed E-state index contributed by atoms with van der Waals surface area (Å²) in [5.41, 5.74) is 3.86. The zero-order chi connectivity index (χ0) is 26.2. The second kappa shape index (κ2) is 12.1. The van der Waals surface area contributed by atoms with Crippen LogP contribution in [-0.2, 0) is 14.3 Å². The van der Waals surface area contributed by atoms with Crippen molar-refractivity contribution in [2.45, 2.75) is 19.9 Å². The van der Waals surface area contributed by atoms with E-state index in [0.29, 0.717) is 33.3 Å². The van der Waals surface area contributed by atoms with Crippen LogP contribution in [-0.4, -0.2) is 41.3 Å². The molecule has 2 aromatic carbocycles. The molecule has 1 heterocycles. The smallest absolute Gasteiger partial charge is 0.338 e. The maximum absolute atomic E-state index is 12.6. The third-order valence-corrected chi connectivity index (χ3v) is 5.46. The van der Waals surface area contributed by atoms with Gasteiger partial charge in [-0.2, -0.15) is 5.10 Å². The van der Waals surface area contributed by atoms with Crippen LogP contribution in [0.25, 0.3) is 0 Å². The van der Waals surface area contributed by atoms with Crippen LogP contribution in [0.3, 0.4) is 0 Å². The van der Waals surface area contributed by atoms with Gasteiger partial charge in [-0.15, -0.1) is 0 Å². The molecule has 3 rings (SSSR count). The molecule has 0 aliphatic carbocycles. The van der Waals surface area contributed by atoms with Gasteiger partial charge in [0.05, 0.1) is 29.4 Å². The first-order chi connectivity index (χ1) is 17.2. The Morgan fingerprint density at radius 2 is 2.06 bits per heavy atom. The molecule has 0 unspecified atom stereocenters. The summed E-state index contributed by atoms with van der Waals surface area (Å²) >= 11 is 11.0. The van der Waals surface area contributed by atoms with E-state index in [1.165, 1.54) is 24.4 Å². The topological polar surface area (TPSA) is 144 Å². The maximum atomic E-state index is 12.6. The Bertz CT molecular complexity index is 1270. The van der Waals surface area contributed by atoms with Gasteiger partial charge in [-0.3, -0.25) is 14.9 Å². The zero-order valence-electron chi connectivity index (χ0n) is 19.2. The maximum Gasteiger partial charge on any atom is 0.338 e. The number of thiocarbonyl (C=S) groups is 1. The lowest BCUT2D eigenvalue weighted by molar-refractivity contribution is -0.384. The summed E-state index contributed by atoms with van der Waals surface area (Å²) in [5, 5.41) is 21.1. The molecule has 188 valence electrons. The Kier molecular flexibility index (Phi) is 8.92. The van der Waals surface area contributed by atoms with Gasteiger partial charge in [0.15, 0.2) is 11.7 Å². The molecular weight excluding hydrogens is 510 g/mol. The van der Waals surface area contributed by atoms with E-state index in [1.807, 2.05) is 0 Å². The monoisotopic (exact) mass is 531 g/mol. The molecule has 11 nitrogen and oxygen atoms in total. The number of nitrogens with one attached hydrogen (secondary N) is 3. The number of nitro groups is 1. The summed E-state index contributed by atoms with van der Waals surface area (Å²) in [4.78, 5) is 35.3. The molecule has 2 aromatic rings. The molecule has 0 saturated carbocycles. The van der Waals surface area contributed by atoms with E-state index in [1.54, 1.807) is 38.1 Å². The number of rotatable bonds is 9. The van der Waals surface area contributed by atoms with Crippen LogP contribution in [0.2, 0.25) is 5.02 Å². The van der Waals surface area contributed by atoms with E-state index in [0.717, 1.165) is 0 Å². The number of benzene rings is 2. The molecule has 0 aromatic heterocycles. The van der Waals surface area contributed by atoms with Crippen molar-refractivity contribution < 1.29 is 24.0 Å². The molecular formula is C23H22ClN5O6S. The van der Waals surface area contributed by atoms with Crippen molar-refractivity contribution >= 4 is 52.7 Å². The first kappa shape index (κ1) is 26.6. The van der Waals surface area contributed by atoms with Crippen LogP contribution < -0.4 is 20.8 Å². The molecule has 0 radical (unpaired) electrons. The molecule has 1 aliphatic rings. The number of esters is 1. The number of nitro benzene ring substituents is 1. The number of para-hydroxylation sites is 1. The summed E-state index contributed by atoms with van der Waals surface area (Å²) in [6.45, 7) is 3.25. The second-order valence-electron chi connectivity index (χ2n) is 7.38. The molecule has 3 N–H and O–H groups in total. The first-order valence-electron chi connectivity index (χ1n) is 10.6. The Labute approximate surface area is 216 Å². The van der Waals surface area contributed by atoms with Crippen molar-refractivity contribution in [3.63, 3.8) is 0 Å². The highest BCUT2D eigenvalue weighted by Crippen LogP contribution is 2.33. The van der Waals surface area contributed by atoms with E-state index < -0.39 is 22.8 Å². The highest BCUT2D eigenvalue weighted by atomic mass is 35.5. The van der Waals surface area contributed by atoms with Crippen molar-refractivity contribution in [1.29, 1.82) is 0 Å². The standard InChI is InChI=1S/C23H22ClN5O6S/c1-3-34-22(31)20-13(2)26-23(36)27-21(20)15-6-4-5-7-18(15)35-12-19(30)28-25-11-14-8-9-16(24)17(10-14)29(32)33/h4-11,21H,3,12H2,1-2H3,(H,28,30)(H2,26,27,36)/t21-/m0/s1. The predicted octanol–water partition coefficient (Wildman–Crippen LogP) is 3.13. The number of hydrazone groups is 1. The SMILES string of the molecule is CCOC(=O)C1=C(C)NC(=S)N[C@H]1c1ccccc1OCC(=O)NN=Cc1ccc(Cl)c([N+](=O)[O-])c1. The van der Waals surface area contributed by atoms with Gasteiger partial charge in [-0.25, -0.2) is 10.2 Å². The van der Waals surface area contributed by atoms with Crippen LogP contribution in [0.4, 0.5) is 5.69 Å². The highest BCUT2D eigenvalue weighted by molar-refractivity contribution is 7.80. The van der Waals surface area contributed by atoms with E-state index >= 15 is 0 Å². The van der Waals surface area contributed by atoms with Gasteiger partial charge in [-0.05, 0) is 38.2 Å². The van der Waals surface area contributed by atoms with Crippen LogP contribution in [0.5, 0.6) is 5.75 Å².